The van der Waals surface area contributed by atoms with Crippen molar-refractivity contribution >= 4 is 16.4 Å². The van der Waals surface area contributed by atoms with Gasteiger partial charge in [0.15, 0.2) is 0 Å². The van der Waals surface area contributed by atoms with Gasteiger partial charge in [0.25, 0.3) is 0 Å². The summed E-state index contributed by atoms with van der Waals surface area (Å²) in [6, 6.07) is 8.89. The Hall–Kier alpha value is -1.74. The zero-order valence-electron chi connectivity index (χ0n) is 14.3. The highest BCUT2D eigenvalue weighted by molar-refractivity contribution is 7.81. The first-order valence-corrected chi connectivity index (χ1v) is 8.41. The molecule has 0 heterocycles. The summed E-state index contributed by atoms with van der Waals surface area (Å²) in [5.74, 6) is -0.524. The normalized spacial score (nSPS) is 11.5. The molecule has 1 aromatic rings. The van der Waals surface area contributed by atoms with Crippen molar-refractivity contribution in [3.8, 4) is 0 Å². The zero-order valence-corrected chi connectivity index (χ0v) is 15.1. The number of carbonyl (C=O) groups excluding carboxylic acids is 1. The van der Waals surface area contributed by atoms with Crippen LogP contribution in [0.3, 0.4) is 0 Å². The molecule has 1 aromatic carbocycles. The molecule has 24 heavy (non-hydrogen) atoms. The van der Waals surface area contributed by atoms with Crippen LogP contribution in [0.15, 0.2) is 42.5 Å². The SMILES string of the molecule is C=C(C)C(=O)OCCC(C)(C)OS(=O)(=O)OCc1ccccc1.N. The van der Waals surface area contributed by atoms with Crippen LogP contribution in [0.1, 0.15) is 32.8 Å². The predicted octanol–water partition coefficient (Wildman–Crippen LogP) is 2.91. The lowest BCUT2D eigenvalue weighted by atomic mass is 10.1. The molecule has 136 valence electrons. The molecule has 0 bridgehead atoms. The van der Waals surface area contributed by atoms with E-state index in [0.717, 1.165) is 0 Å². The summed E-state index contributed by atoms with van der Waals surface area (Å²) >= 11 is 0. The van der Waals surface area contributed by atoms with E-state index in [4.69, 9.17) is 13.1 Å². The van der Waals surface area contributed by atoms with Gasteiger partial charge < -0.3 is 10.9 Å². The molecule has 0 fully saturated rings. The van der Waals surface area contributed by atoms with Gasteiger partial charge in [0.1, 0.15) is 0 Å². The Kier molecular flexibility index (Phi) is 8.84. The molecular formula is C16H25NO6S. The van der Waals surface area contributed by atoms with Crippen molar-refractivity contribution in [1.82, 2.24) is 6.15 Å². The Morgan fingerprint density at radius 3 is 2.33 bits per heavy atom. The van der Waals surface area contributed by atoms with Gasteiger partial charge in [-0.15, -0.1) is 0 Å². The average molecular weight is 359 g/mol. The molecule has 0 saturated heterocycles. The van der Waals surface area contributed by atoms with Crippen LogP contribution >= 0.6 is 0 Å². The van der Waals surface area contributed by atoms with E-state index in [1.807, 2.05) is 6.07 Å². The van der Waals surface area contributed by atoms with Crippen molar-refractivity contribution in [3.63, 3.8) is 0 Å². The predicted molar refractivity (Wildman–Crippen MR) is 90.7 cm³/mol. The molecule has 3 N–H and O–H groups in total. The van der Waals surface area contributed by atoms with E-state index in [1.165, 1.54) is 6.92 Å². The second-order valence-corrected chi connectivity index (χ2v) is 6.88. The number of rotatable bonds is 9. The molecule has 0 atom stereocenters. The quantitative estimate of drug-likeness (QED) is 0.532. The minimum atomic E-state index is -4.16. The number of hydrogen-bond acceptors (Lipinski definition) is 7. The summed E-state index contributed by atoms with van der Waals surface area (Å²) < 4.78 is 38.5. The molecule has 0 aliphatic carbocycles. The lowest BCUT2D eigenvalue weighted by Crippen LogP contribution is -2.31. The monoisotopic (exact) mass is 359 g/mol. The summed E-state index contributed by atoms with van der Waals surface area (Å²) in [5, 5.41) is 0. The Balaban J connectivity index is 0.00000529. The van der Waals surface area contributed by atoms with E-state index in [-0.39, 0.29) is 31.4 Å². The lowest BCUT2D eigenvalue weighted by Gasteiger charge is -2.23. The first-order chi connectivity index (χ1) is 10.6. The van der Waals surface area contributed by atoms with Gasteiger partial charge >= 0.3 is 16.4 Å². The van der Waals surface area contributed by atoms with Crippen LogP contribution in [0.2, 0.25) is 0 Å². The van der Waals surface area contributed by atoms with Gasteiger partial charge in [-0.2, -0.15) is 8.42 Å². The van der Waals surface area contributed by atoms with Crippen molar-refractivity contribution in [1.29, 1.82) is 0 Å². The maximum Gasteiger partial charge on any atom is 0.400 e. The molecule has 8 heteroatoms. The summed E-state index contributed by atoms with van der Waals surface area (Å²) in [6.45, 7) is 8.06. The number of hydrogen-bond donors (Lipinski definition) is 1. The molecule has 7 nitrogen and oxygen atoms in total. The standard InChI is InChI=1S/C16H22O6S.H3N/c1-13(2)15(17)20-11-10-16(3,4)22-23(18,19)21-12-14-8-6-5-7-9-14;/h5-9H,1,10-12H2,2-4H3;1H3. The number of benzene rings is 1. The van der Waals surface area contributed by atoms with Crippen molar-refractivity contribution in [3.05, 3.63) is 48.0 Å². The van der Waals surface area contributed by atoms with Crippen molar-refractivity contribution in [2.45, 2.75) is 39.4 Å². The summed E-state index contributed by atoms with van der Waals surface area (Å²) in [4.78, 5) is 11.3. The number of ether oxygens (including phenoxy) is 1. The summed E-state index contributed by atoms with van der Waals surface area (Å²) in [6.07, 6.45) is 0.194. The second-order valence-electron chi connectivity index (χ2n) is 5.67. The fourth-order valence-electron chi connectivity index (χ4n) is 1.57. The van der Waals surface area contributed by atoms with Crippen LogP contribution < -0.4 is 6.15 Å². The maximum atomic E-state index is 11.9. The minimum Gasteiger partial charge on any atom is -0.462 e. The third kappa shape index (κ3) is 8.78. The zero-order chi connectivity index (χ0) is 17.5. The molecule has 0 radical (unpaired) electrons. The topological polar surface area (TPSA) is 114 Å². The third-order valence-corrected chi connectivity index (χ3v) is 3.89. The molecule has 0 aliphatic heterocycles. The van der Waals surface area contributed by atoms with E-state index in [2.05, 4.69) is 6.58 Å². The number of carbonyl (C=O) groups is 1. The van der Waals surface area contributed by atoms with E-state index >= 15 is 0 Å². The molecule has 0 amide bonds. The van der Waals surface area contributed by atoms with Gasteiger partial charge in [0.05, 0.1) is 18.8 Å². The highest BCUT2D eigenvalue weighted by Gasteiger charge is 2.28. The first-order valence-electron chi connectivity index (χ1n) is 7.08. The Morgan fingerprint density at radius 2 is 1.79 bits per heavy atom. The molecular weight excluding hydrogens is 334 g/mol. The van der Waals surface area contributed by atoms with Gasteiger partial charge in [-0.1, -0.05) is 36.9 Å². The van der Waals surface area contributed by atoms with E-state index < -0.39 is 22.0 Å². The minimum absolute atomic E-state index is 0. The lowest BCUT2D eigenvalue weighted by molar-refractivity contribution is -0.139. The van der Waals surface area contributed by atoms with Crippen LogP contribution in [-0.2, 0) is 34.9 Å². The smallest absolute Gasteiger partial charge is 0.400 e. The Bertz CT molecular complexity index is 640. The second kappa shape index (κ2) is 9.53. The van der Waals surface area contributed by atoms with Crippen LogP contribution in [0.4, 0.5) is 0 Å². The largest absolute Gasteiger partial charge is 0.462 e. The first kappa shape index (κ1) is 22.3. The maximum absolute atomic E-state index is 11.9. The van der Waals surface area contributed by atoms with Gasteiger partial charge in [0, 0.05) is 12.0 Å². The van der Waals surface area contributed by atoms with E-state index in [1.54, 1.807) is 38.1 Å². The van der Waals surface area contributed by atoms with Crippen molar-refractivity contribution < 1.29 is 26.3 Å². The highest BCUT2D eigenvalue weighted by Crippen LogP contribution is 2.19. The highest BCUT2D eigenvalue weighted by atomic mass is 32.3. The van der Waals surface area contributed by atoms with Gasteiger partial charge in [0.2, 0.25) is 0 Å². The van der Waals surface area contributed by atoms with Crippen LogP contribution in [0, 0.1) is 0 Å². The fourth-order valence-corrected chi connectivity index (χ4v) is 2.53. The van der Waals surface area contributed by atoms with E-state index in [9.17, 15) is 13.2 Å². The van der Waals surface area contributed by atoms with Crippen LogP contribution in [-0.4, -0.2) is 26.6 Å². The molecule has 0 spiro atoms. The molecule has 0 saturated carbocycles. The van der Waals surface area contributed by atoms with Crippen molar-refractivity contribution in [2.75, 3.05) is 6.61 Å². The van der Waals surface area contributed by atoms with Crippen LogP contribution in [0.25, 0.3) is 0 Å². The summed E-state index contributed by atoms with van der Waals surface area (Å²) in [7, 11) is -4.16. The Labute approximate surface area is 143 Å². The van der Waals surface area contributed by atoms with Gasteiger partial charge in [-0.05, 0) is 26.3 Å². The van der Waals surface area contributed by atoms with Gasteiger partial charge in [-0.25, -0.2) is 13.2 Å². The van der Waals surface area contributed by atoms with Crippen LogP contribution in [0.5, 0.6) is 0 Å². The summed E-state index contributed by atoms with van der Waals surface area (Å²) in [5.41, 5.74) is -0.0689. The van der Waals surface area contributed by atoms with E-state index in [0.29, 0.717) is 5.56 Å². The van der Waals surface area contributed by atoms with Crippen molar-refractivity contribution in [2.24, 2.45) is 0 Å². The van der Waals surface area contributed by atoms with Gasteiger partial charge in [-0.3, -0.25) is 0 Å². The molecule has 0 aliphatic rings. The number of esters is 1. The molecule has 1 rings (SSSR count). The molecule has 0 unspecified atom stereocenters. The Morgan fingerprint density at radius 1 is 1.21 bits per heavy atom. The third-order valence-electron chi connectivity index (χ3n) is 2.83. The fraction of sp³-hybridized carbons (Fsp3) is 0.438. The average Bonchev–Trinajstić information content (AvgIpc) is 2.45. The molecule has 0 aromatic heterocycles.